The SMILES string of the molecule is CCN(c1ccc([N+](=O)[O-])cc1Br)C1CCC(N)CC1. The van der Waals surface area contributed by atoms with Crippen molar-refractivity contribution >= 4 is 27.3 Å². The van der Waals surface area contributed by atoms with Crippen LogP contribution < -0.4 is 10.6 Å². The minimum Gasteiger partial charge on any atom is -0.368 e. The molecular formula is C14H20BrN3O2. The molecule has 110 valence electrons. The molecule has 6 heteroatoms. The van der Waals surface area contributed by atoms with Gasteiger partial charge in [-0.05, 0) is 54.6 Å². The van der Waals surface area contributed by atoms with Gasteiger partial charge in [0.25, 0.3) is 5.69 Å². The van der Waals surface area contributed by atoms with Crippen molar-refractivity contribution in [1.82, 2.24) is 0 Å². The van der Waals surface area contributed by atoms with E-state index in [1.54, 1.807) is 12.1 Å². The van der Waals surface area contributed by atoms with Crippen LogP contribution in [0.1, 0.15) is 32.6 Å². The molecule has 1 fully saturated rings. The maximum atomic E-state index is 10.8. The van der Waals surface area contributed by atoms with Crippen LogP contribution in [0.4, 0.5) is 11.4 Å². The molecule has 2 N–H and O–H groups in total. The van der Waals surface area contributed by atoms with Gasteiger partial charge in [0.05, 0.1) is 10.6 Å². The lowest BCUT2D eigenvalue weighted by atomic mass is 9.90. The molecule has 0 unspecified atom stereocenters. The van der Waals surface area contributed by atoms with E-state index >= 15 is 0 Å². The summed E-state index contributed by atoms with van der Waals surface area (Å²) in [5.41, 5.74) is 7.10. The molecule has 1 saturated carbocycles. The van der Waals surface area contributed by atoms with Crippen LogP contribution in [-0.4, -0.2) is 23.6 Å². The van der Waals surface area contributed by atoms with Crippen molar-refractivity contribution in [2.45, 2.75) is 44.7 Å². The van der Waals surface area contributed by atoms with Crippen molar-refractivity contribution in [2.24, 2.45) is 5.73 Å². The summed E-state index contributed by atoms with van der Waals surface area (Å²) in [6.07, 6.45) is 4.26. The number of nitro benzene ring substituents is 1. The first kappa shape index (κ1) is 15.3. The summed E-state index contributed by atoms with van der Waals surface area (Å²) < 4.78 is 0.781. The average molecular weight is 342 g/mol. The number of anilines is 1. The van der Waals surface area contributed by atoms with Crippen molar-refractivity contribution < 1.29 is 4.92 Å². The molecule has 0 amide bonds. The molecule has 1 aliphatic rings. The van der Waals surface area contributed by atoms with Crippen molar-refractivity contribution in [3.05, 3.63) is 32.8 Å². The summed E-state index contributed by atoms with van der Waals surface area (Å²) in [5.74, 6) is 0. The van der Waals surface area contributed by atoms with Gasteiger partial charge in [-0.1, -0.05) is 0 Å². The van der Waals surface area contributed by atoms with Crippen LogP contribution >= 0.6 is 15.9 Å². The van der Waals surface area contributed by atoms with Crippen LogP contribution in [0.2, 0.25) is 0 Å². The summed E-state index contributed by atoms with van der Waals surface area (Å²) >= 11 is 3.46. The van der Waals surface area contributed by atoms with Gasteiger partial charge >= 0.3 is 0 Å². The van der Waals surface area contributed by atoms with Crippen molar-refractivity contribution in [2.75, 3.05) is 11.4 Å². The van der Waals surface area contributed by atoms with Crippen LogP contribution in [0, 0.1) is 10.1 Å². The molecule has 1 aliphatic carbocycles. The Morgan fingerprint density at radius 2 is 2.05 bits per heavy atom. The number of hydrogen-bond donors (Lipinski definition) is 1. The lowest BCUT2D eigenvalue weighted by Gasteiger charge is -2.37. The average Bonchev–Trinajstić information content (AvgIpc) is 2.43. The third kappa shape index (κ3) is 3.30. The summed E-state index contributed by atoms with van der Waals surface area (Å²) in [4.78, 5) is 12.7. The molecule has 0 aromatic heterocycles. The summed E-state index contributed by atoms with van der Waals surface area (Å²) in [6, 6.07) is 5.77. The van der Waals surface area contributed by atoms with E-state index in [1.165, 1.54) is 0 Å². The fraction of sp³-hybridized carbons (Fsp3) is 0.571. The van der Waals surface area contributed by atoms with E-state index in [9.17, 15) is 10.1 Å². The van der Waals surface area contributed by atoms with Gasteiger partial charge in [-0.25, -0.2) is 0 Å². The Hall–Kier alpha value is -1.14. The Morgan fingerprint density at radius 3 is 2.55 bits per heavy atom. The molecule has 0 bridgehead atoms. The first-order chi connectivity index (χ1) is 9.52. The summed E-state index contributed by atoms with van der Waals surface area (Å²) in [5, 5.41) is 10.8. The van der Waals surface area contributed by atoms with Crippen molar-refractivity contribution in [1.29, 1.82) is 0 Å². The molecule has 0 spiro atoms. The number of nitrogens with zero attached hydrogens (tertiary/aromatic N) is 2. The Kier molecular flexibility index (Phi) is 4.99. The number of rotatable bonds is 4. The molecule has 2 rings (SSSR count). The zero-order valence-electron chi connectivity index (χ0n) is 11.6. The van der Waals surface area contributed by atoms with Gasteiger partial charge in [0, 0.05) is 35.2 Å². The molecule has 0 saturated heterocycles. The van der Waals surface area contributed by atoms with E-state index in [-0.39, 0.29) is 10.6 Å². The van der Waals surface area contributed by atoms with Gasteiger partial charge in [-0.15, -0.1) is 0 Å². The van der Waals surface area contributed by atoms with E-state index in [2.05, 4.69) is 27.8 Å². The number of benzene rings is 1. The van der Waals surface area contributed by atoms with Gasteiger partial charge in [0.1, 0.15) is 0 Å². The fourth-order valence-electron chi connectivity index (χ4n) is 2.88. The van der Waals surface area contributed by atoms with E-state index in [4.69, 9.17) is 5.73 Å². The van der Waals surface area contributed by atoms with Crippen molar-refractivity contribution in [3.63, 3.8) is 0 Å². The quantitative estimate of drug-likeness (QED) is 0.672. The molecule has 20 heavy (non-hydrogen) atoms. The second-order valence-electron chi connectivity index (χ2n) is 5.25. The smallest absolute Gasteiger partial charge is 0.270 e. The third-order valence-electron chi connectivity index (χ3n) is 3.97. The number of nitro groups is 1. The zero-order valence-corrected chi connectivity index (χ0v) is 13.2. The van der Waals surface area contributed by atoms with Gasteiger partial charge in [0.15, 0.2) is 0 Å². The lowest BCUT2D eigenvalue weighted by Crippen LogP contribution is -2.41. The number of non-ortho nitro benzene ring substituents is 1. The first-order valence-corrected chi connectivity index (χ1v) is 7.78. The maximum absolute atomic E-state index is 10.8. The lowest BCUT2D eigenvalue weighted by molar-refractivity contribution is -0.384. The highest BCUT2D eigenvalue weighted by Crippen LogP contribution is 2.34. The van der Waals surface area contributed by atoms with Gasteiger partial charge in [-0.2, -0.15) is 0 Å². The van der Waals surface area contributed by atoms with Crippen LogP contribution in [0.5, 0.6) is 0 Å². The predicted octanol–water partition coefficient (Wildman–Crippen LogP) is 3.45. The highest BCUT2D eigenvalue weighted by molar-refractivity contribution is 9.10. The predicted molar refractivity (Wildman–Crippen MR) is 84.0 cm³/mol. The topological polar surface area (TPSA) is 72.4 Å². The number of hydrogen-bond acceptors (Lipinski definition) is 4. The standard InChI is InChI=1S/C14H20BrN3O2/c1-2-17(11-5-3-10(16)4-6-11)14-8-7-12(18(19)20)9-13(14)15/h7-11H,2-6,16H2,1H3. The zero-order chi connectivity index (χ0) is 14.7. The highest BCUT2D eigenvalue weighted by Gasteiger charge is 2.25. The van der Waals surface area contributed by atoms with Crippen LogP contribution in [-0.2, 0) is 0 Å². The summed E-state index contributed by atoms with van der Waals surface area (Å²) in [7, 11) is 0. The monoisotopic (exact) mass is 341 g/mol. The molecule has 0 heterocycles. The fourth-order valence-corrected chi connectivity index (χ4v) is 3.48. The van der Waals surface area contributed by atoms with Crippen LogP contribution in [0.15, 0.2) is 22.7 Å². The Labute approximate surface area is 127 Å². The Morgan fingerprint density at radius 1 is 1.40 bits per heavy atom. The Balaban J connectivity index is 2.21. The second-order valence-corrected chi connectivity index (χ2v) is 6.10. The largest absolute Gasteiger partial charge is 0.368 e. The minimum absolute atomic E-state index is 0.113. The van der Waals surface area contributed by atoms with Gasteiger partial charge in [-0.3, -0.25) is 10.1 Å². The van der Waals surface area contributed by atoms with Gasteiger partial charge in [0.2, 0.25) is 0 Å². The van der Waals surface area contributed by atoms with E-state index in [1.807, 2.05) is 6.07 Å². The van der Waals surface area contributed by atoms with Crippen LogP contribution in [0.3, 0.4) is 0 Å². The molecule has 0 aliphatic heterocycles. The molecular weight excluding hydrogens is 322 g/mol. The van der Waals surface area contributed by atoms with E-state index in [0.717, 1.165) is 42.4 Å². The number of halogens is 1. The van der Waals surface area contributed by atoms with Crippen molar-refractivity contribution in [3.8, 4) is 0 Å². The van der Waals surface area contributed by atoms with Gasteiger partial charge < -0.3 is 10.6 Å². The third-order valence-corrected chi connectivity index (χ3v) is 4.61. The normalized spacial score (nSPS) is 22.6. The maximum Gasteiger partial charge on any atom is 0.270 e. The van der Waals surface area contributed by atoms with Crippen LogP contribution in [0.25, 0.3) is 0 Å². The molecule has 5 nitrogen and oxygen atoms in total. The van der Waals surface area contributed by atoms with E-state index in [0.29, 0.717) is 12.1 Å². The molecule has 0 radical (unpaired) electrons. The van der Waals surface area contributed by atoms with E-state index < -0.39 is 0 Å². The summed E-state index contributed by atoms with van der Waals surface area (Å²) in [6.45, 7) is 3.00. The minimum atomic E-state index is -0.371. The molecule has 0 atom stereocenters. The molecule has 1 aromatic carbocycles. The number of nitrogens with two attached hydrogens (primary N) is 1. The highest BCUT2D eigenvalue weighted by atomic mass is 79.9. The Bertz CT molecular complexity index is 487. The molecule has 1 aromatic rings. The second kappa shape index (κ2) is 6.54. The first-order valence-electron chi connectivity index (χ1n) is 6.99.